The molecule has 1 aromatic carbocycles. The molecule has 0 amide bonds. The zero-order valence-electron chi connectivity index (χ0n) is 11.4. The Labute approximate surface area is 117 Å². The van der Waals surface area contributed by atoms with Gasteiger partial charge in [0.1, 0.15) is 5.82 Å². The van der Waals surface area contributed by atoms with E-state index in [9.17, 15) is 0 Å². The maximum atomic E-state index is 4.75. The average Bonchev–Trinajstić information content (AvgIpc) is 2.88. The second-order valence-electron chi connectivity index (χ2n) is 6.15. The van der Waals surface area contributed by atoms with Crippen LogP contribution in [0.25, 0.3) is 16.8 Å². The number of benzene rings is 1. The molecule has 3 aromatic rings. The molecule has 0 bridgehead atoms. The summed E-state index contributed by atoms with van der Waals surface area (Å²) >= 11 is 0. The van der Waals surface area contributed by atoms with Crippen LogP contribution in [-0.4, -0.2) is 27.5 Å². The molecule has 100 valence electrons. The van der Waals surface area contributed by atoms with E-state index in [-0.39, 0.29) is 0 Å². The number of rotatable bonds is 1. The van der Waals surface area contributed by atoms with Crippen LogP contribution in [0.1, 0.15) is 6.92 Å². The molecule has 0 radical (unpaired) electrons. The number of imidazole rings is 1. The summed E-state index contributed by atoms with van der Waals surface area (Å²) in [4.78, 5) is 11.8. The van der Waals surface area contributed by atoms with E-state index in [4.69, 9.17) is 4.98 Å². The third-order valence-corrected chi connectivity index (χ3v) is 5.11. The van der Waals surface area contributed by atoms with E-state index in [1.54, 1.807) is 0 Å². The Hall–Kier alpha value is -2.10. The van der Waals surface area contributed by atoms with Gasteiger partial charge in [-0.2, -0.15) is 4.98 Å². The van der Waals surface area contributed by atoms with Gasteiger partial charge in [0.2, 0.25) is 5.78 Å². The Bertz CT molecular complexity index is 810. The van der Waals surface area contributed by atoms with Crippen molar-refractivity contribution in [2.75, 3.05) is 18.0 Å². The number of aromatic nitrogens is 3. The Balaban J connectivity index is 1.59. The first-order valence-corrected chi connectivity index (χ1v) is 7.30. The molecular formula is C16H16N4. The topological polar surface area (TPSA) is 33.4 Å². The zero-order valence-corrected chi connectivity index (χ0v) is 11.4. The minimum absolute atomic E-state index is 0.803. The summed E-state index contributed by atoms with van der Waals surface area (Å²) in [5, 5.41) is 0. The molecule has 1 saturated heterocycles. The van der Waals surface area contributed by atoms with Crippen LogP contribution in [0.4, 0.5) is 5.82 Å². The highest BCUT2D eigenvalue weighted by Crippen LogP contribution is 2.51. The second-order valence-corrected chi connectivity index (χ2v) is 6.15. The minimum Gasteiger partial charge on any atom is -0.356 e. The van der Waals surface area contributed by atoms with Gasteiger partial charge >= 0.3 is 0 Å². The number of piperidine rings is 1. The quantitative estimate of drug-likeness (QED) is 0.677. The highest BCUT2D eigenvalue weighted by Gasteiger charge is 2.52. The van der Waals surface area contributed by atoms with Gasteiger partial charge in [-0.05, 0) is 36.0 Å². The third-order valence-electron chi connectivity index (χ3n) is 5.11. The van der Waals surface area contributed by atoms with Gasteiger partial charge in [-0.15, -0.1) is 0 Å². The standard InChI is InChI=1S/C16H16N4/c1-10-11-8-19(9-12(10)11)15-6-7-20-14-5-3-2-4-13(14)17-16(20)18-15/h2-7,10-12H,8-9H2,1H3. The highest BCUT2D eigenvalue weighted by atomic mass is 15.3. The molecule has 20 heavy (non-hydrogen) atoms. The molecule has 4 nitrogen and oxygen atoms in total. The summed E-state index contributed by atoms with van der Waals surface area (Å²) < 4.78 is 2.07. The van der Waals surface area contributed by atoms with Gasteiger partial charge in [0.25, 0.3) is 0 Å². The fourth-order valence-electron chi connectivity index (χ4n) is 3.73. The lowest BCUT2D eigenvalue weighted by Crippen LogP contribution is -2.24. The van der Waals surface area contributed by atoms with Crippen molar-refractivity contribution in [1.29, 1.82) is 0 Å². The highest BCUT2D eigenvalue weighted by molar-refractivity contribution is 5.79. The van der Waals surface area contributed by atoms with Crippen LogP contribution in [0.5, 0.6) is 0 Å². The molecule has 2 aromatic heterocycles. The Morgan fingerprint density at radius 1 is 1.05 bits per heavy atom. The van der Waals surface area contributed by atoms with E-state index in [0.717, 1.165) is 53.5 Å². The third kappa shape index (κ3) is 1.31. The van der Waals surface area contributed by atoms with Crippen molar-refractivity contribution in [3.8, 4) is 0 Å². The van der Waals surface area contributed by atoms with Crippen LogP contribution in [0.15, 0.2) is 36.5 Å². The van der Waals surface area contributed by atoms with Gasteiger partial charge in [0.05, 0.1) is 11.0 Å². The fourth-order valence-corrected chi connectivity index (χ4v) is 3.73. The molecule has 3 heterocycles. The Morgan fingerprint density at radius 2 is 1.85 bits per heavy atom. The predicted octanol–water partition coefficient (Wildman–Crippen LogP) is 2.58. The van der Waals surface area contributed by atoms with Crippen LogP contribution in [0.2, 0.25) is 0 Å². The van der Waals surface area contributed by atoms with Crippen LogP contribution >= 0.6 is 0 Å². The number of hydrogen-bond acceptors (Lipinski definition) is 3. The number of hydrogen-bond donors (Lipinski definition) is 0. The molecular weight excluding hydrogens is 248 g/mol. The van der Waals surface area contributed by atoms with Gasteiger partial charge in [0, 0.05) is 19.3 Å². The first-order valence-electron chi connectivity index (χ1n) is 7.30. The van der Waals surface area contributed by atoms with Gasteiger partial charge in [-0.1, -0.05) is 19.1 Å². The van der Waals surface area contributed by atoms with E-state index in [1.807, 2.05) is 18.2 Å². The molecule has 0 spiro atoms. The first kappa shape index (κ1) is 10.7. The summed E-state index contributed by atoms with van der Waals surface area (Å²) in [5.41, 5.74) is 2.13. The first-order chi connectivity index (χ1) is 9.81. The number of nitrogens with zero attached hydrogens (tertiary/aromatic N) is 4. The van der Waals surface area contributed by atoms with Crippen molar-refractivity contribution in [1.82, 2.24) is 14.4 Å². The van der Waals surface area contributed by atoms with E-state index in [1.165, 1.54) is 0 Å². The maximum absolute atomic E-state index is 4.75. The Morgan fingerprint density at radius 3 is 2.70 bits per heavy atom. The predicted molar refractivity (Wildman–Crippen MR) is 78.9 cm³/mol. The molecule has 2 fully saturated rings. The van der Waals surface area contributed by atoms with Crippen molar-refractivity contribution in [2.45, 2.75) is 6.92 Å². The van der Waals surface area contributed by atoms with Crippen molar-refractivity contribution in [3.63, 3.8) is 0 Å². The molecule has 1 aliphatic carbocycles. The van der Waals surface area contributed by atoms with Crippen molar-refractivity contribution < 1.29 is 0 Å². The monoisotopic (exact) mass is 264 g/mol. The van der Waals surface area contributed by atoms with Gasteiger partial charge in [-0.3, -0.25) is 4.40 Å². The molecule has 2 atom stereocenters. The van der Waals surface area contributed by atoms with Crippen LogP contribution in [-0.2, 0) is 0 Å². The summed E-state index contributed by atoms with van der Waals surface area (Å²) in [6.07, 6.45) is 2.10. The average molecular weight is 264 g/mol. The summed E-state index contributed by atoms with van der Waals surface area (Å²) in [5.74, 6) is 4.59. The number of anilines is 1. The van der Waals surface area contributed by atoms with Crippen LogP contribution in [0.3, 0.4) is 0 Å². The smallest absolute Gasteiger partial charge is 0.236 e. The van der Waals surface area contributed by atoms with E-state index in [0.29, 0.717) is 0 Å². The normalized spacial score (nSPS) is 28.2. The molecule has 0 N–H and O–H groups in total. The van der Waals surface area contributed by atoms with Crippen molar-refractivity contribution >= 4 is 22.6 Å². The molecule has 1 saturated carbocycles. The molecule has 4 heteroatoms. The van der Waals surface area contributed by atoms with Crippen LogP contribution < -0.4 is 4.90 Å². The molecule has 2 unspecified atom stereocenters. The van der Waals surface area contributed by atoms with Gasteiger partial charge in [-0.25, -0.2) is 4.98 Å². The van der Waals surface area contributed by atoms with Crippen molar-refractivity contribution in [2.24, 2.45) is 17.8 Å². The van der Waals surface area contributed by atoms with Crippen LogP contribution in [0, 0.1) is 17.8 Å². The van der Waals surface area contributed by atoms with Crippen molar-refractivity contribution in [3.05, 3.63) is 36.5 Å². The number of fused-ring (bicyclic) bond motifs is 4. The molecule has 5 rings (SSSR count). The van der Waals surface area contributed by atoms with E-state index >= 15 is 0 Å². The fraction of sp³-hybridized carbons (Fsp3) is 0.375. The number of para-hydroxylation sites is 2. The SMILES string of the molecule is CC1C2CN(c3ccn4c(n3)nc3ccccc34)CC12. The molecule has 1 aliphatic heterocycles. The lowest BCUT2D eigenvalue weighted by Gasteiger charge is -2.19. The van der Waals surface area contributed by atoms with Gasteiger partial charge < -0.3 is 4.90 Å². The molecule has 2 aliphatic rings. The Kier molecular flexibility index (Phi) is 1.87. The van der Waals surface area contributed by atoms with E-state index < -0.39 is 0 Å². The largest absolute Gasteiger partial charge is 0.356 e. The summed E-state index contributed by atoms with van der Waals surface area (Å²) in [6.45, 7) is 4.69. The summed E-state index contributed by atoms with van der Waals surface area (Å²) in [7, 11) is 0. The lowest BCUT2D eigenvalue weighted by molar-refractivity contribution is 0.684. The van der Waals surface area contributed by atoms with Gasteiger partial charge in [0.15, 0.2) is 0 Å². The lowest BCUT2D eigenvalue weighted by atomic mass is 10.3. The van der Waals surface area contributed by atoms with E-state index in [2.05, 4.69) is 39.5 Å². The minimum atomic E-state index is 0.803. The summed E-state index contributed by atoms with van der Waals surface area (Å²) in [6, 6.07) is 10.3. The second kappa shape index (κ2) is 3.51. The maximum Gasteiger partial charge on any atom is 0.236 e. The zero-order chi connectivity index (χ0) is 13.3.